The molecule has 0 bridgehead atoms. The maximum Gasteiger partial charge on any atom is 0.491 e. The molecule has 0 spiro atoms. The highest BCUT2D eigenvalue weighted by molar-refractivity contribution is 6.52. The van der Waals surface area contributed by atoms with Crippen LogP contribution in [0.5, 0.6) is 0 Å². The topological polar surface area (TPSA) is 35.5 Å². The van der Waals surface area contributed by atoms with Gasteiger partial charge in [0.05, 0.1) is 5.60 Å². The van der Waals surface area contributed by atoms with Crippen molar-refractivity contribution >= 4 is 15.3 Å². The average Bonchev–Trinajstić information content (AvgIpc) is 2.02. The number of hydrogen-bond donors (Lipinski definition) is 0. The van der Waals surface area contributed by atoms with Gasteiger partial charge in [0.1, 0.15) is 0 Å². The lowest BCUT2D eigenvalue weighted by molar-refractivity contribution is -0.133. The molecule has 0 N–H and O–H groups in total. The highest BCUT2D eigenvalue weighted by Gasteiger charge is 2.25. The Morgan fingerprint density at radius 3 is 2.46 bits per heavy atom. The third kappa shape index (κ3) is 5.60. The standard InChI is InChI=1S/C9H17O3Si/c1-6-9(4,5)12-13(7-2)11-8(3)10/h7H,2,6H2,1,3-5H3. The first kappa shape index (κ1) is 12.4. The van der Waals surface area contributed by atoms with Gasteiger partial charge in [-0.1, -0.05) is 6.92 Å². The SMILES string of the molecule is C=C[Si](OC(C)=O)OC(C)(C)CC. The highest BCUT2D eigenvalue weighted by atomic mass is 28.3. The zero-order valence-electron chi connectivity index (χ0n) is 8.72. The molecule has 75 valence electrons. The third-order valence-electron chi connectivity index (χ3n) is 1.64. The predicted molar refractivity (Wildman–Crippen MR) is 53.2 cm³/mol. The van der Waals surface area contributed by atoms with E-state index in [4.69, 9.17) is 8.85 Å². The molecular weight excluding hydrogens is 184 g/mol. The van der Waals surface area contributed by atoms with Gasteiger partial charge in [-0.15, -0.1) is 6.58 Å². The lowest BCUT2D eigenvalue weighted by atomic mass is 10.1. The Balaban J connectivity index is 4.12. The summed E-state index contributed by atoms with van der Waals surface area (Å²) in [6, 6.07) is 0. The van der Waals surface area contributed by atoms with E-state index in [2.05, 4.69) is 6.58 Å². The molecule has 3 nitrogen and oxygen atoms in total. The van der Waals surface area contributed by atoms with Crippen molar-refractivity contribution in [2.45, 2.75) is 39.7 Å². The zero-order chi connectivity index (χ0) is 10.5. The van der Waals surface area contributed by atoms with Gasteiger partial charge in [0.25, 0.3) is 5.97 Å². The summed E-state index contributed by atoms with van der Waals surface area (Å²) in [5.41, 5.74) is 1.32. The van der Waals surface area contributed by atoms with E-state index in [-0.39, 0.29) is 11.6 Å². The molecule has 0 aliphatic carbocycles. The Kier molecular flexibility index (Phi) is 4.94. The van der Waals surface area contributed by atoms with E-state index < -0.39 is 9.28 Å². The predicted octanol–water partition coefficient (Wildman–Crippen LogP) is 1.97. The van der Waals surface area contributed by atoms with Crippen LogP contribution in [0.3, 0.4) is 0 Å². The summed E-state index contributed by atoms with van der Waals surface area (Å²) in [5, 5.41) is 0. The molecule has 0 saturated heterocycles. The first-order valence-electron chi connectivity index (χ1n) is 4.28. The van der Waals surface area contributed by atoms with Crippen LogP contribution in [0.4, 0.5) is 0 Å². The summed E-state index contributed by atoms with van der Waals surface area (Å²) in [6.45, 7) is 10.9. The van der Waals surface area contributed by atoms with Gasteiger partial charge in [-0.3, -0.25) is 4.79 Å². The summed E-state index contributed by atoms with van der Waals surface area (Å²) in [7, 11) is -1.64. The quantitative estimate of drug-likeness (QED) is 0.638. The molecule has 0 heterocycles. The second-order valence-corrected chi connectivity index (χ2v) is 4.79. The fourth-order valence-corrected chi connectivity index (χ4v) is 1.77. The summed E-state index contributed by atoms with van der Waals surface area (Å²) in [6.07, 6.45) is 0.871. The molecule has 0 rings (SSSR count). The Hall–Kier alpha value is -0.613. The second kappa shape index (κ2) is 5.19. The van der Waals surface area contributed by atoms with Crippen molar-refractivity contribution in [3.05, 3.63) is 12.3 Å². The number of carbonyl (C=O) groups excluding carboxylic acids is 1. The second-order valence-electron chi connectivity index (χ2n) is 3.33. The van der Waals surface area contributed by atoms with Crippen molar-refractivity contribution in [3.8, 4) is 0 Å². The van der Waals surface area contributed by atoms with Gasteiger partial charge in [0, 0.05) is 6.92 Å². The number of carbonyl (C=O) groups is 1. The van der Waals surface area contributed by atoms with Crippen LogP contribution in [0.1, 0.15) is 34.1 Å². The summed E-state index contributed by atoms with van der Waals surface area (Å²) in [5.74, 6) is -0.319. The fraction of sp³-hybridized carbons (Fsp3) is 0.667. The van der Waals surface area contributed by atoms with E-state index in [0.717, 1.165) is 6.42 Å². The summed E-state index contributed by atoms with van der Waals surface area (Å²) in [4.78, 5) is 10.7. The van der Waals surface area contributed by atoms with Crippen LogP contribution < -0.4 is 0 Å². The Bertz CT molecular complexity index is 189. The molecule has 0 atom stereocenters. The van der Waals surface area contributed by atoms with Crippen molar-refractivity contribution in [1.82, 2.24) is 0 Å². The van der Waals surface area contributed by atoms with Crippen LogP contribution in [-0.4, -0.2) is 20.9 Å². The largest absolute Gasteiger partial charge is 0.491 e. The lowest BCUT2D eigenvalue weighted by Crippen LogP contribution is -2.34. The van der Waals surface area contributed by atoms with Crippen molar-refractivity contribution in [2.75, 3.05) is 0 Å². The van der Waals surface area contributed by atoms with Crippen LogP contribution in [0.2, 0.25) is 0 Å². The van der Waals surface area contributed by atoms with Gasteiger partial charge < -0.3 is 8.85 Å². The molecule has 0 aromatic heterocycles. The normalized spacial score (nSPS) is 11.5. The minimum absolute atomic E-state index is 0.252. The first-order valence-corrected chi connectivity index (χ1v) is 5.67. The van der Waals surface area contributed by atoms with Gasteiger partial charge in [-0.25, -0.2) is 0 Å². The zero-order valence-corrected chi connectivity index (χ0v) is 9.72. The van der Waals surface area contributed by atoms with Gasteiger partial charge in [-0.05, 0) is 26.0 Å². The molecule has 13 heavy (non-hydrogen) atoms. The molecule has 4 heteroatoms. The maximum atomic E-state index is 10.7. The minimum atomic E-state index is -1.64. The van der Waals surface area contributed by atoms with Crippen molar-refractivity contribution < 1.29 is 13.6 Å². The molecule has 0 saturated carbocycles. The Morgan fingerprint density at radius 1 is 1.62 bits per heavy atom. The van der Waals surface area contributed by atoms with E-state index in [1.54, 1.807) is 5.70 Å². The van der Waals surface area contributed by atoms with E-state index >= 15 is 0 Å². The fourth-order valence-electron chi connectivity index (χ4n) is 0.590. The average molecular weight is 201 g/mol. The van der Waals surface area contributed by atoms with Crippen molar-refractivity contribution in [2.24, 2.45) is 0 Å². The smallest absolute Gasteiger partial charge is 0.489 e. The number of rotatable bonds is 5. The molecule has 0 fully saturated rings. The highest BCUT2D eigenvalue weighted by Crippen LogP contribution is 2.15. The number of hydrogen-bond acceptors (Lipinski definition) is 3. The molecular formula is C9H17O3Si. The summed E-state index contributed by atoms with van der Waals surface area (Å²) < 4.78 is 10.5. The van der Waals surface area contributed by atoms with Crippen LogP contribution in [0, 0.1) is 0 Å². The van der Waals surface area contributed by atoms with Crippen LogP contribution in [-0.2, 0) is 13.6 Å². The van der Waals surface area contributed by atoms with Crippen LogP contribution >= 0.6 is 0 Å². The van der Waals surface area contributed by atoms with Crippen LogP contribution in [0.15, 0.2) is 12.3 Å². The molecule has 0 aromatic carbocycles. The molecule has 0 unspecified atom stereocenters. The van der Waals surface area contributed by atoms with Crippen molar-refractivity contribution in [3.63, 3.8) is 0 Å². The van der Waals surface area contributed by atoms with Gasteiger partial charge in [0.15, 0.2) is 0 Å². The maximum absolute atomic E-state index is 10.7. The monoisotopic (exact) mass is 201 g/mol. The van der Waals surface area contributed by atoms with E-state index in [9.17, 15) is 4.79 Å². The summed E-state index contributed by atoms with van der Waals surface area (Å²) >= 11 is 0. The van der Waals surface area contributed by atoms with E-state index in [1.165, 1.54) is 6.92 Å². The molecule has 0 aliphatic heterocycles. The molecule has 1 radical (unpaired) electrons. The third-order valence-corrected chi connectivity index (χ3v) is 3.22. The molecule has 0 aliphatic rings. The first-order chi connectivity index (χ1) is 5.91. The van der Waals surface area contributed by atoms with Gasteiger partial charge in [0.2, 0.25) is 0 Å². The Labute approximate surface area is 81.6 Å². The van der Waals surface area contributed by atoms with Gasteiger partial charge >= 0.3 is 9.28 Å². The minimum Gasteiger partial charge on any atom is -0.489 e. The van der Waals surface area contributed by atoms with Gasteiger partial charge in [-0.2, -0.15) is 0 Å². The van der Waals surface area contributed by atoms with Crippen molar-refractivity contribution in [1.29, 1.82) is 0 Å². The Morgan fingerprint density at radius 2 is 2.15 bits per heavy atom. The van der Waals surface area contributed by atoms with Crippen LogP contribution in [0.25, 0.3) is 0 Å². The lowest BCUT2D eigenvalue weighted by Gasteiger charge is -2.26. The molecule has 0 aromatic rings. The molecule has 0 amide bonds. The van der Waals surface area contributed by atoms with E-state index in [0.29, 0.717) is 0 Å². The van der Waals surface area contributed by atoms with E-state index in [1.807, 2.05) is 20.8 Å².